The molecular weight excluding hydrogens is 214 g/mol. The smallest absolute Gasteiger partial charge is 0.150 e. The number of hydrogen-bond donors (Lipinski definition) is 1. The monoisotopic (exact) mass is 235 g/mol. The van der Waals surface area contributed by atoms with Crippen LogP contribution in [0.2, 0.25) is 0 Å². The zero-order valence-electron chi connectivity index (χ0n) is 9.35. The van der Waals surface area contributed by atoms with Gasteiger partial charge in [-0.15, -0.1) is 0 Å². The van der Waals surface area contributed by atoms with Gasteiger partial charge in [-0.1, -0.05) is 6.92 Å². The van der Waals surface area contributed by atoms with Crippen molar-refractivity contribution in [3.63, 3.8) is 0 Å². The van der Waals surface area contributed by atoms with Crippen LogP contribution in [-0.4, -0.2) is 55.7 Å². The maximum absolute atomic E-state index is 11.2. The molecule has 0 saturated carbocycles. The van der Waals surface area contributed by atoms with Gasteiger partial charge in [0.25, 0.3) is 0 Å². The Labute approximate surface area is 92.2 Å². The third-order valence-corrected chi connectivity index (χ3v) is 4.72. The highest BCUT2D eigenvalue weighted by Gasteiger charge is 2.17. The van der Waals surface area contributed by atoms with Crippen molar-refractivity contribution in [1.29, 1.82) is 0 Å². The van der Waals surface area contributed by atoms with Gasteiger partial charge in [-0.3, -0.25) is 0 Å². The second kappa shape index (κ2) is 5.82. The Morgan fingerprint density at radius 1 is 1.33 bits per heavy atom. The summed E-state index contributed by atoms with van der Waals surface area (Å²) in [6.07, 6.45) is 2.20. The summed E-state index contributed by atoms with van der Waals surface area (Å²) < 4.78 is 22.5. The van der Waals surface area contributed by atoms with E-state index in [2.05, 4.69) is 4.90 Å². The van der Waals surface area contributed by atoms with Crippen molar-refractivity contribution < 1.29 is 13.5 Å². The Balaban J connectivity index is 2.16. The number of hydrogen-bond acceptors (Lipinski definition) is 4. The molecule has 1 aliphatic heterocycles. The number of rotatable bonds is 5. The van der Waals surface area contributed by atoms with E-state index in [-0.39, 0.29) is 11.9 Å². The SMILES string of the molecule is CCS(=O)(=O)CCCN1CCC(O)CC1. The lowest BCUT2D eigenvalue weighted by Gasteiger charge is -2.29. The lowest BCUT2D eigenvalue weighted by molar-refractivity contribution is 0.0828. The van der Waals surface area contributed by atoms with E-state index >= 15 is 0 Å². The third-order valence-electron chi connectivity index (χ3n) is 2.93. The average Bonchev–Trinajstić information content (AvgIpc) is 2.21. The van der Waals surface area contributed by atoms with Crippen molar-refractivity contribution in [2.24, 2.45) is 0 Å². The summed E-state index contributed by atoms with van der Waals surface area (Å²) in [4.78, 5) is 2.23. The number of sulfone groups is 1. The molecule has 1 aliphatic rings. The minimum absolute atomic E-state index is 0.152. The molecule has 0 radical (unpaired) electrons. The van der Waals surface area contributed by atoms with Crippen molar-refractivity contribution in [3.05, 3.63) is 0 Å². The molecule has 1 saturated heterocycles. The summed E-state index contributed by atoms with van der Waals surface area (Å²) in [5.41, 5.74) is 0. The van der Waals surface area contributed by atoms with Crippen molar-refractivity contribution in [2.45, 2.75) is 32.3 Å². The Hall–Kier alpha value is -0.130. The van der Waals surface area contributed by atoms with Gasteiger partial charge in [0.1, 0.15) is 9.84 Å². The minimum atomic E-state index is -2.81. The molecule has 0 aromatic carbocycles. The van der Waals surface area contributed by atoms with Gasteiger partial charge in [-0.25, -0.2) is 8.42 Å². The van der Waals surface area contributed by atoms with E-state index in [1.165, 1.54) is 0 Å². The van der Waals surface area contributed by atoms with E-state index < -0.39 is 9.84 Å². The zero-order chi connectivity index (χ0) is 11.3. The van der Waals surface area contributed by atoms with Crippen LogP contribution in [0, 0.1) is 0 Å². The number of piperidine rings is 1. The molecule has 4 nitrogen and oxygen atoms in total. The molecule has 0 amide bonds. The van der Waals surface area contributed by atoms with Crippen molar-refractivity contribution >= 4 is 9.84 Å². The van der Waals surface area contributed by atoms with Crippen LogP contribution in [-0.2, 0) is 9.84 Å². The summed E-state index contributed by atoms with van der Waals surface area (Å²) in [6, 6.07) is 0. The molecule has 0 bridgehead atoms. The van der Waals surface area contributed by atoms with Gasteiger partial charge in [0.05, 0.1) is 11.9 Å². The zero-order valence-corrected chi connectivity index (χ0v) is 10.2. The number of nitrogens with zero attached hydrogens (tertiary/aromatic N) is 1. The molecule has 1 N–H and O–H groups in total. The molecule has 0 atom stereocenters. The van der Waals surface area contributed by atoms with E-state index in [4.69, 9.17) is 0 Å². The van der Waals surface area contributed by atoms with Gasteiger partial charge in [-0.05, 0) is 25.8 Å². The predicted molar refractivity (Wildman–Crippen MR) is 60.6 cm³/mol. The summed E-state index contributed by atoms with van der Waals surface area (Å²) >= 11 is 0. The van der Waals surface area contributed by atoms with Crippen LogP contribution in [0.25, 0.3) is 0 Å². The van der Waals surface area contributed by atoms with Crippen LogP contribution in [0.15, 0.2) is 0 Å². The molecule has 0 aromatic rings. The minimum Gasteiger partial charge on any atom is -0.393 e. The standard InChI is InChI=1S/C10H21NO3S/c1-2-15(13,14)9-3-6-11-7-4-10(12)5-8-11/h10,12H,2-9H2,1H3. The second-order valence-corrected chi connectivity index (χ2v) is 6.64. The Bertz CT molecular complexity index is 268. The largest absolute Gasteiger partial charge is 0.393 e. The van der Waals surface area contributed by atoms with Crippen molar-refractivity contribution in [3.8, 4) is 0 Å². The average molecular weight is 235 g/mol. The summed E-state index contributed by atoms with van der Waals surface area (Å²) in [5, 5.41) is 9.30. The second-order valence-electron chi connectivity index (χ2n) is 4.16. The molecule has 5 heteroatoms. The molecule has 15 heavy (non-hydrogen) atoms. The van der Waals surface area contributed by atoms with Gasteiger partial charge in [0.15, 0.2) is 0 Å². The van der Waals surface area contributed by atoms with Crippen LogP contribution in [0.4, 0.5) is 0 Å². The first-order valence-corrected chi connectivity index (χ1v) is 7.46. The fourth-order valence-corrected chi connectivity index (χ4v) is 2.65. The molecule has 0 spiro atoms. The van der Waals surface area contributed by atoms with E-state index in [1.54, 1.807) is 6.92 Å². The van der Waals surface area contributed by atoms with Gasteiger partial charge in [0, 0.05) is 18.8 Å². The van der Waals surface area contributed by atoms with E-state index in [0.29, 0.717) is 12.2 Å². The number of aliphatic hydroxyl groups excluding tert-OH is 1. The molecule has 1 rings (SSSR count). The molecule has 0 unspecified atom stereocenters. The Morgan fingerprint density at radius 3 is 2.47 bits per heavy atom. The fourth-order valence-electron chi connectivity index (χ4n) is 1.80. The lowest BCUT2D eigenvalue weighted by Crippen LogP contribution is -2.36. The van der Waals surface area contributed by atoms with Crippen molar-refractivity contribution in [2.75, 3.05) is 31.1 Å². The van der Waals surface area contributed by atoms with Gasteiger partial charge in [-0.2, -0.15) is 0 Å². The highest BCUT2D eigenvalue weighted by Crippen LogP contribution is 2.10. The maximum atomic E-state index is 11.2. The van der Waals surface area contributed by atoms with Gasteiger partial charge >= 0.3 is 0 Å². The first kappa shape index (κ1) is 12.9. The Kier molecular flexibility index (Phi) is 5.02. The maximum Gasteiger partial charge on any atom is 0.150 e. The first-order valence-electron chi connectivity index (χ1n) is 5.64. The van der Waals surface area contributed by atoms with E-state index in [9.17, 15) is 13.5 Å². The summed E-state index contributed by atoms with van der Waals surface area (Å²) in [5.74, 6) is 0.536. The lowest BCUT2D eigenvalue weighted by atomic mass is 10.1. The van der Waals surface area contributed by atoms with E-state index in [0.717, 1.165) is 32.5 Å². The predicted octanol–water partition coefficient (Wildman–Crippen LogP) is 0.268. The van der Waals surface area contributed by atoms with Gasteiger partial charge in [0.2, 0.25) is 0 Å². The first-order chi connectivity index (χ1) is 7.03. The quantitative estimate of drug-likeness (QED) is 0.743. The highest BCUT2D eigenvalue weighted by molar-refractivity contribution is 7.91. The van der Waals surface area contributed by atoms with Crippen LogP contribution >= 0.6 is 0 Å². The molecule has 1 fully saturated rings. The topological polar surface area (TPSA) is 57.6 Å². The van der Waals surface area contributed by atoms with Crippen LogP contribution in [0.5, 0.6) is 0 Å². The van der Waals surface area contributed by atoms with Gasteiger partial charge < -0.3 is 10.0 Å². The molecule has 0 aliphatic carbocycles. The summed E-state index contributed by atoms with van der Waals surface area (Å²) in [7, 11) is -2.81. The third kappa shape index (κ3) is 4.95. The van der Waals surface area contributed by atoms with Crippen LogP contribution in [0.1, 0.15) is 26.2 Å². The normalized spacial score (nSPS) is 20.7. The van der Waals surface area contributed by atoms with Crippen molar-refractivity contribution in [1.82, 2.24) is 4.90 Å². The molecule has 90 valence electrons. The molecule has 0 aromatic heterocycles. The number of aliphatic hydroxyl groups is 1. The van der Waals surface area contributed by atoms with E-state index in [1.807, 2.05) is 0 Å². The highest BCUT2D eigenvalue weighted by atomic mass is 32.2. The molecule has 1 heterocycles. The van der Waals surface area contributed by atoms with Crippen LogP contribution in [0.3, 0.4) is 0 Å². The molecular formula is C10H21NO3S. The fraction of sp³-hybridized carbons (Fsp3) is 1.00. The van der Waals surface area contributed by atoms with Crippen LogP contribution < -0.4 is 0 Å². The Morgan fingerprint density at radius 2 is 1.93 bits per heavy atom. The summed E-state index contributed by atoms with van der Waals surface area (Å²) in [6.45, 7) is 4.32. The number of likely N-dealkylation sites (tertiary alicyclic amines) is 1.